The first-order valence-corrected chi connectivity index (χ1v) is 10.5. The number of rotatable bonds is 6. The summed E-state index contributed by atoms with van der Waals surface area (Å²) in [7, 11) is 1.75. The Balaban J connectivity index is 1.44. The standard InChI is InChI=1S/C22H29N3O4/c1-29-14-22(9-3-2-4-10-22)23-12-15-5-6-17-16(11-15)13-25(21(17)28)18-7-8-19(26)24-20(18)27/h5-6,11,18,23H,2-4,7-10,12-14H2,1H3,(H,24,26,27). The Morgan fingerprint density at radius 2 is 2.00 bits per heavy atom. The molecule has 3 aliphatic rings. The van der Waals surface area contributed by atoms with Crippen LogP contribution in [0.3, 0.4) is 0 Å². The number of benzene rings is 1. The Kier molecular flexibility index (Phi) is 5.69. The maximum atomic E-state index is 12.8. The minimum Gasteiger partial charge on any atom is -0.383 e. The van der Waals surface area contributed by atoms with E-state index in [2.05, 4.69) is 16.7 Å². The van der Waals surface area contributed by atoms with Crippen LogP contribution < -0.4 is 10.6 Å². The minimum absolute atomic E-state index is 0.0284. The zero-order valence-electron chi connectivity index (χ0n) is 17.0. The number of carbonyl (C=O) groups excluding carboxylic acids is 3. The van der Waals surface area contributed by atoms with Crippen LogP contribution in [0.25, 0.3) is 0 Å². The van der Waals surface area contributed by atoms with E-state index in [1.54, 1.807) is 12.0 Å². The van der Waals surface area contributed by atoms with E-state index in [9.17, 15) is 14.4 Å². The smallest absolute Gasteiger partial charge is 0.255 e. The number of piperidine rings is 1. The van der Waals surface area contributed by atoms with Crippen LogP contribution in [0.15, 0.2) is 18.2 Å². The van der Waals surface area contributed by atoms with Crippen LogP contribution in [0.2, 0.25) is 0 Å². The number of nitrogens with one attached hydrogen (secondary N) is 2. The van der Waals surface area contributed by atoms with E-state index >= 15 is 0 Å². The number of ether oxygens (including phenoxy) is 1. The molecule has 4 rings (SSSR count). The fourth-order valence-electron chi connectivity index (χ4n) is 4.90. The van der Waals surface area contributed by atoms with Gasteiger partial charge in [-0.1, -0.05) is 31.4 Å². The lowest BCUT2D eigenvalue weighted by Gasteiger charge is -2.38. The van der Waals surface area contributed by atoms with Gasteiger partial charge in [0, 0.05) is 37.7 Å². The lowest BCUT2D eigenvalue weighted by atomic mass is 9.82. The summed E-state index contributed by atoms with van der Waals surface area (Å²) in [6.45, 7) is 1.85. The van der Waals surface area contributed by atoms with E-state index in [0.717, 1.165) is 30.5 Å². The van der Waals surface area contributed by atoms with E-state index in [1.165, 1.54) is 19.3 Å². The molecule has 2 heterocycles. The van der Waals surface area contributed by atoms with Crippen LogP contribution >= 0.6 is 0 Å². The first-order valence-electron chi connectivity index (χ1n) is 10.5. The number of amides is 3. The predicted octanol–water partition coefficient (Wildman–Crippen LogP) is 1.89. The first-order chi connectivity index (χ1) is 14.0. The number of fused-ring (bicyclic) bond motifs is 1. The van der Waals surface area contributed by atoms with Crippen LogP contribution in [0.5, 0.6) is 0 Å². The van der Waals surface area contributed by atoms with Gasteiger partial charge in [0.1, 0.15) is 6.04 Å². The minimum atomic E-state index is -0.568. The summed E-state index contributed by atoms with van der Waals surface area (Å²) in [5, 5.41) is 6.06. The summed E-state index contributed by atoms with van der Waals surface area (Å²) >= 11 is 0. The lowest BCUT2D eigenvalue weighted by Crippen LogP contribution is -2.52. The summed E-state index contributed by atoms with van der Waals surface area (Å²) in [6, 6.07) is 5.35. The van der Waals surface area contributed by atoms with Gasteiger partial charge in [-0.2, -0.15) is 0 Å². The molecule has 2 aliphatic heterocycles. The van der Waals surface area contributed by atoms with Gasteiger partial charge in [-0.15, -0.1) is 0 Å². The number of nitrogens with zero attached hydrogens (tertiary/aromatic N) is 1. The molecular formula is C22H29N3O4. The fraction of sp³-hybridized carbons (Fsp3) is 0.591. The summed E-state index contributed by atoms with van der Waals surface area (Å²) in [6.07, 6.45) is 6.61. The van der Waals surface area contributed by atoms with Crippen molar-refractivity contribution < 1.29 is 19.1 Å². The van der Waals surface area contributed by atoms with Crippen LogP contribution in [-0.4, -0.2) is 47.9 Å². The van der Waals surface area contributed by atoms with Crippen molar-refractivity contribution in [2.24, 2.45) is 0 Å². The quantitative estimate of drug-likeness (QED) is 0.714. The van der Waals surface area contributed by atoms with Gasteiger partial charge in [-0.3, -0.25) is 19.7 Å². The molecule has 0 aromatic heterocycles. The highest BCUT2D eigenvalue weighted by Gasteiger charge is 2.39. The van der Waals surface area contributed by atoms with E-state index < -0.39 is 6.04 Å². The Labute approximate surface area is 171 Å². The van der Waals surface area contributed by atoms with Crippen molar-refractivity contribution in [2.45, 2.75) is 69.6 Å². The van der Waals surface area contributed by atoms with Crippen molar-refractivity contribution in [3.63, 3.8) is 0 Å². The van der Waals surface area contributed by atoms with Gasteiger partial charge in [-0.25, -0.2) is 0 Å². The molecule has 2 N–H and O–H groups in total. The third-order valence-electron chi connectivity index (χ3n) is 6.49. The molecule has 0 spiro atoms. The number of carbonyl (C=O) groups is 3. The van der Waals surface area contributed by atoms with Gasteiger partial charge in [-0.05, 0) is 36.5 Å². The van der Waals surface area contributed by atoms with Crippen LogP contribution in [0.1, 0.15) is 66.4 Å². The van der Waals surface area contributed by atoms with Crippen molar-refractivity contribution in [3.8, 4) is 0 Å². The van der Waals surface area contributed by atoms with Gasteiger partial charge in [0.25, 0.3) is 5.91 Å². The van der Waals surface area contributed by atoms with Gasteiger partial charge >= 0.3 is 0 Å². The number of imide groups is 1. The summed E-state index contributed by atoms with van der Waals surface area (Å²) in [4.78, 5) is 38.0. The fourth-order valence-corrected chi connectivity index (χ4v) is 4.90. The average Bonchev–Trinajstić information content (AvgIpc) is 3.03. The van der Waals surface area contributed by atoms with E-state index in [1.807, 2.05) is 12.1 Å². The maximum absolute atomic E-state index is 12.8. The average molecular weight is 399 g/mol. The van der Waals surface area contributed by atoms with Crippen LogP contribution in [0, 0.1) is 0 Å². The highest BCUT2D eigenvalue weighted by atomic mass is 16.5. The zero-order chi connectivity index (χ0) is 20.4. The SMILES string of the molecule is COCC1(NCc2ccc3c(c2)CN(C2CCC(=O)NC2=O)C3=O)CCCCC1. The number of hydrogen-bond acceptors (Lipinski definition) is 5. The molecular weight excluding hydrogens is 370 g/mol. The molecule has 29 heavy (non-hydrogen) atoms. The molecule has 3 amide bonds. The van der Waals surface area contributed by atoms with E-state index in [0.29, 0.717) is 25.1 Å². The maximum Gasteiger partial charge on any atom is 0.255 e. The third kappa shape index (κ3) is 4.07. The number of hydrogen-bond donors (Lipinski definition) is 2. The van der Waals surface area contributed by atoms with Crippen molar-refractivity contribution in [2.75, 3.05) is 13.7 Å². The molecule has 0 bridgehead atoms. The van der Waals surface area contributed by atoms with Gasteiger partial charge in [0.2, 0.25) is 11.8 Å². The second kappa shape index (κ2) is 8.24. The summed E-state index contributed by atoms with van der Waals surface area (Å²) in [5.74, 6) is -0.767. The molecule has 1 unspecified atom stereocenters. The van der Waals surface area contributed by atoms with Gasteiger partial charge < -0.3 is 15.0 Å². The predicted molar refractivity (Wildman–Crippen MR) is 107 cm³/mol. The molecule has 0 radical (unpaired) electrons. The largest absolute Gasteiger partial charge is 0.383 e. The number of methoxy groups -OCH3 is 1. The second-order valence-electron chi connectivity index (χ2n) is 8.52. The normalized spacial score (nSPS) is 23.8. The Morgan fingerprint density at radius 3 is 2.72 bits per heavy atom. The van der Waals surface area contributed by atoms with E-state index in [4.69, 9.17) is 4.74 Å². The molecule has 1 aliphatic carbocycles. The first kappa shape index (κ1) is 20.0. The summed E-state index contributed by atoms with van der Waals surface area (Å²) < 4.78 is 5.48. The van der Waals surface area contributed by atoms with Crippen LogP contribution in [0.4, 0.5) is 0 Å². The highest BCUT2D eigenvalue weighted by molar-refractivity contribution is 6.05. The van der Waals surface area contributed by atoms with Crippen molar-refractivity contribution >= 4 is 17.7 Å². The molecule has 7 heteroatoms. The highest BCUT2D eigenvalue weighted by Crippen LogP contribution is 2.30. The molecule has 1 aromatic rings. The Bertz CT molecular complexity index is 811. The molecule has 156 valence electrons. The zero-order valence-corrected chi connectivity index (χ0v) is 17.0. The lowest BCUT2D eigenvalue weighted by molar-refractivity contribution is -0.136. The van der Waals surface area contributed by atoms with E-state index in [-0.39, 0.29) is 29.7 Å². The second-order valence-corrected chi connectivity index (χ2v) is 8.52. The topological polar surface area (TPSA) is 87.7 Å². The molecule has 1 saturated carbocycles. The monoisotopic (exact) mass is 399 g/mol. The Morgan fingerprint density at radius 1 is 1.21 bits per heavy atom. The van der Waals surface area contributed by atoms with Gasteiger partial charge in [0.05, 0.1) is 6.61 Å². The third-order valence-corrected chi connectivity index (χ3v) is 6.49. The molecule has 1 atom stereocenters. The molecule has 1 saturated heterocycles. The molecule has 7 nitrogen and oxygen atoms in total. The van der Waals surface area contributed by atoms with Gasteiger partial charge in [0.15, 0.2) is 0 Å². The van der Waals surface area contributed by atoms with Crippen molar-refractivity contribution in [3.05, 3.63) is 34.9 Å². The van der Waals surface area contributed by atoms with Crippen molar-refractivity contribution in [1.29, 1.82) is 0 Å². The molecule has 1 aromatic carbocycles. The summed E-state index contributed by atoms with van der Waals surface area (Å²) in [5.41, 5.74) is 2.76. The van der Waals surface area contributed by atoms with Crippen molar-refractivity contribution in [1.82, 2.24) is 15.5 Å². The molecule has 2 fully saturated rings. The Hall–Kier alpha value is -2.25. The van der Waals surface area contributed by atoms with Crippen LogP contribution in [-0.2, 0) is 27.4 Å².